The van der Waals surface area contributed by atoms with Crippen LogP contribution in [0.4, 0.5) is 0 Å². The smallest absolute Gasteiger partial charge is 1.00 e. The van der Waals surface area contributed by atoms with Crippen LogP contribution in [0.15, 0.2) is 0 Å². The molecule has 2 aliphatic heterocycles. The van der Waals surface area contributed by atoms with Gasteiger partial charge in [0.15, 0.2) is 0 Å². The Morgan fingerprint density at radius 2 is 2.38 bits per heavy atom. The number of β-lactam (4-membered cyclic amide) rings is 1. The van der Waals surface area contributed by atoms with Crippen LogP contribution >= 0.6 is 11.8 Å². The Balaban J connectivity index is 0.00000128. The molecule has 3 atom stereocenters. The molecule has 1 amide bonds. The van der Waals surface area contributed by atoms with Crippen LogP contribution in [0.2, 0.25) is 0 Å². The first-order chi connectivity index (χ1) is 7.02. The number of aliphatic carboxylic acids is 1. The van der Waals surface area contributed by atoms with E-state index in [0.717, 1.165) is 0 Å². The molecule has 6 nitrogen and oxygen atoms in total. The molecular formula is C8H13KN2O4S. The van der Waals surface area contributed by atoms with E-state index in [-0.39, 0.29) is 70.6 Å². The summed E-state index contributed by atoms with van der Waals surface area (Å²) < 4.78 is 0. The molecule has 86 valence electrons. The van der Waals surface area contributed by atoms with Gasteiger partial charge in [0.25, 0.3) is 0 Å². The molecule has 0 saturated carbocycles. The second-order valence-corrected chi connectivity index (χ2v) is 5.04. The standard InChI is InChI=1S/C8H12N2O4S.K.H/c9-4-5(12)10-1-8(2-11,7(13)14)3-15-6(4)10;;/h4,6,11H,1-3,9H2,(H,13,14);;/q;+1;-1/t4?,6-,8?;;/m1../s1. The number of hydrogen-bond donors (Lipinski definition) is 3. The van der Waals surface area contributed by atoms with Gasteiger partial charge >= 0.3 is 57.4 Å². The SMILES string of the molecule is NC1C(=O)N2CC(CO)(C(=O)O)CS[C@H]12.[H-].[K+]. The van der Waals surface area contributed by atoms with Crippen LogP contribution in [0.25, 0.3) is 0 Å². The number of carboxylic acids is 1. The Hall–Kier alpha value is 0.846. The summed E-state index contributed by atoms with van der Waals surface area (Å²) in [5.41, 5.74) is 4.34. The minimum Gasteiger partial charge on any atom is -1.00 e. The van der Waals surface area contributed by atoms with E-state index in [1.165, 1.54) is 16.7 Å². The van der Waals surface area contributed by atoms with E-state index in [1.807, 2.05) is 0 Å². The molecule has 0 aromatic carbocycles. The quantitative estimate of drug-likeness (QED) is 0.345. The van der Waals surface area contributed by atoms with E-state index in [1.54, 1.807) is 0 Å². The number of aliphatic hydroxyl groups is 1. The molecule has 0 aromatic heterocycles. The minimum absolute atomic E-state index is 0. The van der Waals surface area contributed by atoms with Crippen LogP contribution in [-0.2, 0) is 9.59 Å². The third kappa shape index (κ3) is 2.10. The molecule has 0 spiro atoms. The van der Waals surface area contributed by atoms with Crippen molar-refractivity contribution < 1.29 is 72.6 Å². The third-order valence-corrected chi connectivity index (χ3v) is 4.55. The van der Waals surface area contributed by atoms with Crippen LogP contribution in [0.1, 0.15) is 1.43 Å². The Morgan fingerprint density at radius 1 is 1.75 bits per heavy atom. The molecule has 8 heteroatoms. The maximum absolute atomic E-state index is 11.3. The van der Waals surface area contributed by atoms with E-state index < -0.39 is 24.0 Å². The molecule has 0 aromatic rings. The van der Waals surface area contributed by atoms with Gasteiger partial charge in [-0.2, -0.15) is 0 Å². The molecule has 2 unspecified atom stereocenters. The Bertz CT molecular complexity index is 335. The van der Waals surface area contributed by atoms with E-state index >= 15 is 0 Å². The van der Waals surface area contributed by atoms with E-state index in [0.29, 0.717) is 5.75 Å². The number of fused-ring (bicyclic) bond motifs is 1. The van der Waals surface area contributed by atoms with Gasteiger partial charge in [0, 0.05) is 12.3 Å². The molecule has 0 bridgehead atoms. The topological polar surface area (TPSA) is 104 Å². The number of nitrogens with two attached hydrogens (primary N) is 1. The van der Waals surface area contributed by atoms with Crippen molar-refractivity contribution in [2.45, 2.75) is 11.4 Å². The van der Waals surface area contributed by atoms with Crippen LogP contribution in [0.3, 0.4) is 0 Å². The predicted octanol–water partition coefficient (Wildman–Crippen LogP) is -4.59. The van der Waals surface area contributed by atoms with Crippen LogP contribution < -0.4 is 57.1 Å². The number of carbonyl (C=O) groups is 2. The number of nitrogens with zero attached hydrogens (tertiary/aromatic N) is 1. The molecule has 2 aliphatic rings. The molecule has 0 aliphatic carbocycles. The van der Waals surface area contributed by atoms with Gasteiger partial charge < -0.3 is 22.3 Å². The Morgan fingerprint density at radius 3 is 2.88 bits per heavy atom. The fraction of sp³-hybridized carbons (Fsp3) is 0.750. The van der Waals surface area contributed by atoms with Crippen molar-refractivity contribution in [3.05, 3.63) is 0 Å². The minimum atomic E-state index is -1.23. The van der Waals surface area contributed by atoms with E-state index in [4.69, 9.17) is 15.9 Å². The number of thioether (sulfide) groups is 1. The zero-order valence-corrected chi connectivity index (χ0v) is 12.9. The molecular weight excluding hydrogens is 259 g/mol. The summed E-state index contributed by atoms with van der Waals surface area (Å²) in [7, 11) is 0. The van der Waals surface area contributed by atoms with Gasteiger partial charge in [0.2, 0.25) is 5.91 Å². The zero-order chi connectivity index (χ0) is 11.2. The molecule has 2 fully saturated rings. The van der Waals surface area contributed by atoms with Crippen LogP contribution in [-0.4, -0.2) is 57.3 Å². The van der Waals surface area contributed by atoms with Crippen LogP contribution in [0, 0.1) is 5.41 Å². The summed E-state index contributed by atoms with van der Waals surface area (Å²) >= 11 is 1.32. The van der Waals surface area contributed by atoms with Gasteiger partial charge in [-0.1, -0.05) is 0 Å². The maximum atomic E-state index is 11.3. The summed E-state index contributed by atoms with van der Waals surface area (Å²) in [6.45, 7) is -0.399. The number of carboxylic acid groups (broad SMARTS) is 1. The number of amides is 1. The van der Waals surface area contributed by atoms with Crippen molar-refractivity contribution >= 4 is 23.6 Å². The van der Waals surface area contributed by atoms with Gasteiger partial charge in [0.05, 0.1) is 6.61 Å². The van der Waals surface area contributed by atoms with E-state index in [2.05, 4.69) is 0 Å². The van der Waals surface area contributed by atoms with Crippen molar-refractivity contribution in [1.29, 1.82) is 0 Å². The molecule has 0 radical (unpaired) electrons. The van der Waals surface area contributed by atoms with Crippen molar-refractivity contribution in [3.63, 3.8) is 0 Å². The van der Waals surface area contributed by atoms with E-state index in [9.17, 15) is 9.59 Å². The second-order valence-electron chi connectivity index (χ2n) is 3.94. The number of hydrogen-bond acceptors (Lipinski definition) is 5. The average molecular weight is 272 g/mol. The van der Waals surface area contributed by atoms with Crippen molar-refractivity contribution in [3.8, 4) is 0 Å². The predicted molar refractivity (Wildman–Crippen MR) is 54.2 cm³/mol. The molecule has 2 saturated heterocycles. The first-order valence-electron chi connectivity index (χ1n) is 4.54. The third-order valence-electron chi connectivity index (χ3n) is 2.94. The fourth-order valence-corrected chi connectivity index (χ4v) is 3.30. The maximum Gasteiger partial charge on any atom is 1.00 e. The summed E-state index contributed by atoms with van der Waals surface area (Å²) in [4.78, 5) is 23.8. The van der Waals surface area contributed by atoms with Gasteiger partial charge in [-0.3, -0.25) is 9.59 Å². The van der Waals surface area contributed by atoms with Gasteiger partial charge in [-0.25, -0.2) is 0 Å². The zero-order valence-electron chi connectivity index (χ0n) is 9.92. The number of aliphatic hydroxyl groups excluding tert-OH is 1. The second kappa shape index (κ2) is 5.23. The molecule has 2 heterocycles. The summed E-state index contributed by atoms with van der Waals surface area (Å²) in [6, 6.07) is -0.513. The van der Waals surface area contributed by atoms with Crippen LogP contribution in [0.5, 0.6) is 0 Å². The molecule has 2 rings (SSSR count). The largest absolute Gasteiger partial charge is 1.00 e. The van der Waals surface area contributed by atoms with Crippen molar-refractivity contribution in [2.24, 2.45) is 11.1 Å². The number of carbonyl (C=O) groups excluding carboxylic acids is 1. The first-order valence-corrected chi connectivity index (χ1v) is 5.59. The van der Waals surface area contributed by atoms with Gasteiger partial charge in [-0.05, 0) is 0 Å². The monoisotopic (exact) mass is 272 g/mol. The molecule has 16 heavy (non-hydrogen) atoms. The number of rotatable bonds is 2. The normalized spacial score (nSPS) is 37.1. The van der Waals surface area contributed by atoms with Gasteiger partial charge in [0.1, 0.15) is 16.8 Å². The van der Waals surface area contributed by atoms with Gasteiger partial charge in [-0.15, -0.1) is 11.8 Å². The Kier molecular flexibility index (Phi) is 4.87. The van der Waals surface area contributed by atoms with Crippen molar-refractivity contribution in [2.75, 3.05) is 18.9 Å². The molecule has 4 N–H and O–H groups in total. The Labute approximate surface area is 141 Å². The summed E-state index contributed by atoms with van der Waals surface area (Å²) in [5.74, 6) is -1.00. The summed E-state index contributed by atoms with van der Waals surface area (Å²) in [6.07, 6.45) is 0. The van der Waals surface area contributed by atoms with Crippen molar-refractivity contribution in [1.82, 2.24) is 4.90 Å². The average Bonchev–Trinajstić information content (AvgIpc) is 2.26. The fourth-order valence-electron chi connectivity index (χ4n) is 1.82. The summed E-state index contributed by atoms with van der Waals surface area (Å²) in [5, 5.41) is 18.0. The first kappa shape index (κ1) is 14.9.